The first kappa shape index (κ1) is 31.1. The molecule has 0 aromatic heterocycles. The molecule has 1 atom stereocenters. The van der Waals surface area contributed by atoms with Crippen LogP contribution < -0.4 is 0 Å². The molecule has 2 aromatic rings. The zero-order valence-electron chi connectivity index (χ0n) is 22.3. The molecule has 0 saturated heterocycles. The zero-order chi connectivity index (χ0) is 23.5. The molecular weight excluding hydrogens is 454 g/mol. The largest absolute Gasteiger partial charge is 0.748 e. The number of hydrogen-bond donors (Lipinski definition) is 0. The summed E-state index contributed by atoms with van der Waals surface area (Å²) in [4.78, 5) is 0. The van der Waals surface area contributed by atoms with Gasteiger partial charge >= 0.3 is 0 Å². The van der Waals surface area contributed by atoms with Crippen molar-refractivity contribution >= 4 is 17.2 Å². The molecule has 0 bridgehead atoms. The Morgan fingerprint density at radius 1 is 0.806 bits per heavy atom. The van der Waals surface area contributed by atoms with Crippen molar-refractivity contribution in [2.75, 3.05) is 0 Å². The maximum absolute atomic E-state index is 2.91. The molecule has 2 aromatic carbocycles. The summed E-state index contributed by atoms with van der Waals surface area (Å²) >= 11 is 0. The summed E-state index contributed by atoms with van der Waals surface area (Å²) in [7, 11) is 2.82. The van der Waals surface area contributed by atoms with E-state index in [0.717, 1.165) is 6.16 Å². The molecule has 1 unspecified atom stereocenters. The van der Waals surface area contributed by atoms with Gasteiger partial charge in [0, 0.05) is 17.1 Å². The fourth-order valence-electron chi connectivity index (χ4n) is 4.15. The van der Waals surface area contributed by atoms with E-state index in [1.54, 1.807) is 11.1 Å². The van der Waals surface area contributed by atoms with E-state index >= 15 is 0 Å². The summed E-state index contributed by atoms with van der Waals surface area (Å²) in [5.74, 6) is 0. The molecule has 0 amide bonds. The maximum Gasteiger partial charge on any atom is 0 e. The molecule has 0 spiro atoms. The van der Waals surface area contributed by atoms with Crippen molar-refractivity contribution in [1.82, 2.24) is 0 Å². The molecule has 0 saturated carbocycles. The fourth-order valence-corrected chi connectivity index (χ4v) is 8.18. The van der Waals surface area contributed by atoms with Gasteiger partial charge in [-0.1, -0.05) is 89.2 Å². The van der Waals surface area contributed by atoms with Crippen molar-refractivity contribution in [3.05, 3.63) is 58.7 Å². The quantitative estimate of drug-likeness (QED) is 0.223. The van der Waals surface area contributed by atoms with E-state index in [1.165, 1.54) is 17.3 Å². The first-order valence-corrected chi connectivity index (χ1v) is 13.7. The Balaban J connectivity index is 0.000000753. The monoisotopic (exact) mass is 502 g/mol. The molecule has 0 N–H and O–H groups in total. The van der Waals surface area contributed by atoms with Gasteiger partial charge < -0.3 is 29.8 Å². The average Bonchev–Trinajstić information content (AvgIpc) is 3.19. The molecule has 0 aliphatic rings. The van der Waals surface area contributed by atoms with Crippen molar-refractivity contribution in [2.24, 2.45) is 0 Å². The summed E-state index contributed by atoms with van der Waals surface area (Å²) in [6.07, 6.45) is 2.33. The Morgan fingerprint density at radius 2 is 1.26 bits per heavy atom. The van der Waals surface area contributed by atoms with Gasteiger partial charge in [-0.2, -0.15) is 11.1 Å². The van der Waals surface area contributed by atoms with Crippen molar-refractivity contribution in [1.29, 1.82) is 0 Å². The van der Waals surface area contributed by atoms with E-state index in [4.69, 9.17) is 0 Å². The van der Waals surface area contributed by atoms with Crippen LogP contribution in [0.4, 0.5) is 0 Å². The summed E-state index contributed by atoms with van der Waals surface area (Å²) < 4.78 is 0. The van der Waals surface area contributed by atoms with Gasteiger partial charge in [-0.15, -0.1) is 22.7 Å². The summed E-state index contributed by atoms with van der Waals surface area (Å²) in [5.41, 5.74) is 6.70. The Bertz CT molecular complexity index is 740. The average molecular weight is 502 g/mol. The van der Waals surface area contributed by atoms with E-state index in [2.05, 4.69) is 129 Å². The molecule has 31 heavy (non-hydrogen) atoms. The van der Waals surface area contributed by atoms with Crippen LogP contribution in [0, 0.1) is 0 Å². The molecule has 0 aliphatic heterocycles. The molecular formula is C28H48FeP2-6. The molecule has 0 aliphatic carbocycles. The Kier molecular flexibility index (Phi) is 11.5. The minimum atomic E-state index is -0.0879. The van der Waals surface area contributed by atoms with Gasteiger partial charge in [-0.3, -0.25) is 0 Å². The minimum absolute atomic E-state index is 0. The maximum atomic E-state index is 2.91. The van der Waals surface area contributed by atoms with E-state index in [1.807, 2.05) is 0 Å². The molecule has 0 heterocycles. The van der Waals surface area contributed by atoms with Crippen LogP contribution in [0.25, 0.3) is 0 Å². The summed E-state index contributed by atoms with van der Waals surface area (Å²) in [5, 5.41) is 0.774. The van der Waals surface area contributed by atoms with E-state index < -0.39 is 0 Å². The Morgan fingerprint density at radius 3 is 1.55 bits per heavy atom. The van der Waals surface area contributed by atoms with Gasteiger partial charge in [0.05, 0.1) is 0 Å². The van der Waals surface area contributed by atoms with Gasteiger partial charge in [0.1, 0.15) is 0 Å². The van der Waals surface area contributed by atoms with Crippen LogP contribution in [-0.4, -0.2) is 10.3 Å². The smallest absolute Gasteiger partial charge is 0 e. The van der Waals surface area contributed by atoms with Crippen LogP contribution in [-0.2, 0) is 40.2 Å². The van der Waals surface area contributed by atoms with Crippen molar-refractivity contribution in [2.45, 2.75) is 117 Å². The fraction of sp³-hybridized carbons (Fsp3) is 0.643. The van der Waals surface area contributed by atoms with E-state index in [9.17, 15) is 0 Å². The third-order valence-electron chi connectivity index (χ3n) is 5.66. The molecule has 0 nitrogen and oxygen atoms in total. The second kappa shape index (κ2) is 11.5. The zero-order valence-corrected chi connectivity index (χ0v) is 25.4. The van der Waals surface area contributed by atoms with Crippen molar-refractivity contribution in [3.8, 4) is 0 Å². The summed E-state index contributed by atoms with van der Waals surface area (Å²) in [6.45, 7) is 28.2. The van der Waals surface area contributed by atoms with Crippen molar-refractivity contribution in [3.63, 3.8) is 0 Å². The SMILES string of the molecule is CC(C)(C)[c-]1[cH-][cH-][cH-][cH-]1.CC(C)(C)c1ccc(CP)[c-]1CP(C(C)(C)C)C(C)(C)C.[Fe]. The second-order valence-corrected chi connectivity index (χ2v) is 16.8. The Labute approximate surface area is 208 Å². The molecule has 2 rings (SSSR count). The van der Waals surface area contributed by atoms with Gasteiger partial charge in [0.25, 0.3) is 0 Å². The third-order valence-corrected chi connectivity index (χ3v) is 9.97. The van der Waals surface area contributed by atoms with Crippen LogP contribution in [0.1, 0.15) is 105 Å². The molecule has 3 heteroatoms. The van der Waals surface area contributed by atoms with Crippen LogP contribution in [0.2, 0.25) is 0 Å². The summed E-state index contributed by atoms with van der Waals surface area (Å²) in [6, 6.07) is 13.2. The van der Waals surface area contributed by atoms with E-state index in [0.29, 0.717) is 15.7 Å². The second-order valence-electron chi connectivity index (χ2n) is 12.6. The van der Waals surface area contributed by atoms with Crippen LogP contribution in [0.15, 0.2) is 36.4 Å². The minimum Gasteiger partial charge on any atom is -0.748 e. The molecule has 184 valence electrons. The molecule has 0 radical (unpaired) electrons. The predicted octanol–water partition coefficient (Wildman–Crippen LogP) is 9.36. The third kappa shape index (κ3) is 9.46. The van der Waals surface area contributed by atoms with E-state index in [-0.39, 0.29) is 30.4 Å². The predicted molar refractivity (Wildman–Crippen MR) is 145 cm³/mol. The van der Waals surface area contributed by atoms with Gasteiger partial charge in [-0.05, 0) is 21.9 Å². The van der Waals surface area contributed by atoms with Crippen molar-refractivity contribution < 1.29 is 17.1 Å². The Hall–Kier alpha value is 0.0795. The number of hydrogen-bond acceptors (Lipinski definition) is 0. The van der Waals surface area contributed by atoms with Gasteiger partial charge in [-0.25, -0.2) is 17.5 Å². The first-order chi connectivity index (χ1) is 13.4. The van der Waals surface area contributed by atoms with Crippen LogP contribution in [0.5, 0.6) is 0 Å². The van der Waals surface area contributed by atoms with Crippen LogP contribution >= 0.6 is 17.2 Å². The molecule has 0 fully saturated rings. The van der Waals surface area contributed by atoms with Gasteiger partial charge in [0.2, 0.25) is 0 Å². The normalized spacial score (nSPS) is 13.0. The first-order valence-electron chi connectivity index (χ1n) is 11.4. The topological polar surface area (TPSA) is 0 Å². The standard InChI is InChI=1S/C19H35P2.C9H13.Fe/c1-17(2,3)16-11-10-14(12-20)15(16)13-21(18(4,5)6)19(7,8)9;1-9(2,3)8-6-4-5-7-8;/h10-11H,12-13,20H2,1-9H3;4-7H,1-3H3;/q-1;-5;. The van der Waals surface area contributed by atoms with Crippen LogP contribution in [0.3, 0.4) is 0 Å². The van der Waals surface area contributed by atoms with Gasteiger partial charge in [0.15, 0.2) is 0 Å². The number of rotatable bonds is 3.